The highest BCUT2D eigenvalue weighted by Gasteiger charge is 2.27. The fourth-order valence-electron chi connectivity index (χ4n) is 6.13. The van der Waals surface area contributed by atoms with Gasteiger partial charge in [0.2, 0.25) is 5.91 Å². The standard InChI is InChI=1S/C36H37N3O2/c1-41-35-19-11-10-18-34(35)37-20-22-38(23-21-37)36(40)25-30(24-28-12-4-2-5-13-28)32-27-39(26-29-14-6-3-7-15-29)33-17-9-8-16-31(32)33/h2-19,27,30H,20-26H2,1H3. The molecule has 1 aromatic heterocycles. The minimum absolute atomic E-state index is 0.0825. The third-order valence-corrected chi connectivity index (χ3v) is 8.26. The fraction of sp³-hybridized carbons (Fsp3) is 0.250. The summed E-state index contributed by atoms with van der Waals surface area (Å²) in [4.78, 5) is 18.2. The highest BCUT2D eigenvalue weighted by Crippen LogP contribution is 2.34. The molecule has 0 spiro atoms. The lowest BCUT2D eigenvalue weighted by Gasteiger charge is -2.37. The van der Waals surface area contributed by atoms with Crippen molar-refractivity contribution in [3.63, 3.8) is 0 Å². The quantitative estimate of drug-likeness (QED) is 0.206. The number of fused-ring (bicyclic) bond motifs is 1. The van der Waals surface area contributed by atoms with Crippen LogP contribution in [0.3, 0.4) is 0 Å². The van der Waals surface area contributed by atoms with Crippen LogP contribution in [-0.2, 0) is 17.8 Å². The second-order valence-electron chi connectivity index (χ2n) is 10.8. The Morgan fingerprint density at radius 3 is 2.12 bits per heavy atom. The molecule has 5 aromatic rings. The predicted octanol–water partition coefficient (Wildman–Crippen LogP) is 6.76. The number of carbonyl (C=O) groups is 1. The summed E-state index contributed by atoms with van der Waals surface area (Å²) in [5, 5.41) is 1.23. The number of anilines is 1. The first-order valence-corrected chi connectivity index (χ1v) is 14.5. The van der Waals surface area contributed by atoms with Gasteiger partial charge in [-0.2, -0.15) is 0 Å². The monoisotopic (exact) mass is 543 g/mol. The molecule has 1 atom stereocenters. The van der Waals surface area contributed by atoms with Crippen LogP contribution in [0.2, 0.25) is 0 Å². The maximum atomic E-state index is 13.8. The van der Waals surface area contributed by atoms with E-state index in [4.69, 9.17) is 4.74 Å². The normalized spacial score (nSPS) is 14.3. The molecule has 1 unspecified atom stereocenters. The van der Waals surface area contributed by atoms with Crippen LogP contribution in [0.5, 0.6) is 5.75 Å². The molecule has 0 saturated carbocycles. The van der Waals surface area contributed by atoms with Crippen molar-refractivity contribution < 1.29 is 9.53 Å². The van der Waals surface area contributed by atoms with E-state index in [9.17, 15) is 4.79 Å². The van der Waals surface area contributed by atoms with Gasteiger partial charge >= 0.3 is 0 Å². The molecule has 1 fully saturated rings. The molecule has 0 bridgehead atoms. The van der Waals surface area contributed by atoms with Crippen molar-refractivity contribution in [1.82, 2.24) is 9.47 Å². The molecule has 208 valence electrons. The average molecular weight is 544 g/mol. The van der Waals surface area contributed by atoms with Crippen molar-refractivity contribution in [2.45, 2.75) is 25.3 Å². The number of aromatic nitrogens is 1. The van der Waals surface area contributed by atoms with Crippen molar-refractivity contribution in [3.8, 4) is 5.75 Å². The van der Waals surface area contributed by atoms with Gasteiger partial charge in [0.05, 0.1) is 12.8 Å². The van der Waals surface area contributed by atoms with E-state index in [0.717, 1.165) is 37.5 Å². The van der Waals surface area contributed by atoms with Gasteiger partial charge in [0.25, 0.3) is 0 Å². The van der Waals surface area contributed by atoms with Crippen molar-refractivity contribution in [2.75, 3.05) is 38.2 Å². The zero-order valence-electron chi connectivity index (χ0n) is 23.7. The van der Waals surface area contributed by atoms with E-state index in [2.05, 4.69) is 107 Å². The first-order chi connectivity index (χ1) is 20.2. The molecule has 1 amide bonds. The Labute approximate surface area is 242 Å². The number of benzene rings is 4. The number of nitrogens with zero attached hydrogens (tertiary/aromatic N) is 3. The Hall–Kier alpha value is -4.51. The molecule has 1 saturated heterocycles. The van der Waals surface area contributed by atoms with E-state index in [-0.39, 0.29) is 11.8 Å². The smallest absolute Gasteiger partial charge is 0.223 e. The molecular formula is C36H37N3O2. The Bertz CT molecular complexity index is 1590. The van der Waals surface area contributed by atoms with Gasteiger partial charge in [0.1, 0.15) is 5.75 Å². The van der Waals surface area contributed by atoms with Gasteiger partial charge in [-0.25, -0.2) is 0 Å². The molecule has 4 aromatic carbocycles. The van der Waals surface area contributed by atoms with Crippen LogP contribution < -0.4 is 9.64 Å². The number of para-hydroxylation sites is 3. The van der Waals surface area contributed by atoms with Crippen LogP contribution >= 0.6 is 0 Å². The van der Waals surface area contributed by atoms with Crippen molar-refractivity contribution in [2.24, 2.45) is 0 Å². The SMILES string of the molecule is COc1ccccc1N1CCN(C(=O)CC(Cc2ccccc2)c2cn(Cc3ccccc3)c3ccccc23)CC1. The van der Waals surface area contributed by atoms with Gasteiger partial charge < -0.3 is 19.1 Å². The lowest BCUT2D eigenvalue weighted by Crippen LogP contribution is -2.49. The number of methoxy groups -OCH3 is 1. The molecule has 5 nitrogen and oxygen atoms in total. The number of amides is 1. The Morgan fingerprint density at radius 2 is 1.39 bits per heavy atom. The van der Waals surface area contributed by atoms with Gasteiger partial charge in [-0.1, -0.05) is 91.0 Å². The van der Waals surface area contributed by atoms with Crippen LogP contribution in [0.1, 0.15) is 29.0 Å². The summed E-state index contributed by atoms with van der Waals surface area (Å²) in [5.74, 6) is 1.19. The highest BCUT2D eigenvalue weighted by atomic mass is 16.5. The Morgan fingerprint density at radius 1 is 0.756 bits per heavy atom. The summed E-state index contributed by atoms with van der Waals surface area (Å²) < 4.78 is 7.92. The Kier molecular flexibility index (Phi) is 8.04. The first-order valence-electron chi connectivity index (χ1n) is 14.5. The maximum absolute atomic E-state index is 13.8. The predicted molar refractivity (Wildman–Crippen MR) is 167 cm³/mol. The number of carbonyl (C=O) groups excluding carboxylic acids is 1. The second kappa shape index (κ2) is 12.3. The van der Waals surface area contributed by atoms with E-state index < -0.39 is 0 Å². The highest BCUT2D eigenvalue weighted by molar-refractivity contribution is 5.86. The third kappa shape index (κ3) is 5.99. The summed E-state index contributed by atoms with van der Waals surface area (Å²) in [5.41, 5.74) is 6.08. The zero-order chi connectivity index (χ0) is 28.0. The number of piperazine rings is 1. The van der Waals surface area contributed by atoms with E-state index in [0.29, 0.717) is 19.5 Å². The number of ether oxygens (including phenoxy) is 1. The summed E-state index contributed by atoms with van der Waals surface area (Å²) in [6, 6.07) is 37.9. The summed E-state index contributed by atoms with van der Waals surface area (Å²) in [6.07, 6.45) is 3.61. The van der Waals surface area contributed by atoms with E-state index in [1.807, 2.05) is 23.1 Å². The number of rotatable bonds is 9. The van der Waals surface area contributed by atoms with Crippen LogP contribution in [0.15, 0.2) is 115 Å². The molecule has 0 N–H and O–H groups in total. The van der Waals surface area contributed by atoms with Crippen molar-refractivity contribution in [1.29, 1.82) is 0 Å². The van der Waals surface area contributed by atoms with Crippen LogP contribution in [0.25, 0.3) is 10.9 Å². The lowest BCUT2D eigenvalue weighted by molar-refractivity contribution is -0.131. The molecule has 6 rings (SSSR count). The Balaban J connectivity index is 1.25. The van der Waals surface area contributed by atoms with Gasteiger partial charge in [0.15, 0.2) is 0 Å². The van der Waals surface area contributed by atoms with Gasteiger partial charge in [-0.05, 0) is 47.2 Å². The summed E-state index contributed by atoms with van der Waals surface area (Å²) >= 11 is 0. The van der Waals surface area contributed by atoms with Crippen LogP contribution in [-0.4, -0.2) is 48.7 Å². The van der Waals surface area contributed by atoms with Gasteiger partial charge in [0, 0.05) is 56.2 Å². The molecule has 0 aliphatic carbocycles. The first kappa shape index (κ1) is 26.7. The van der Waals surface area contributed by atoms with E-state index in [1.165, 1.54) is 27.6 Å². The number of hydrogen-bond donors (Lipinski definition) is 0. The molecule has 5 heteroatoms. The van der Waals surface area contributed by atoms with Crippen molar-refractivity contribution in [3.05, 3.63) is 132 Å². The van der Waals surface area contributed by atoms with Crippen LogP contribution in [0.4, 0.5) is 5.69 Å². The zero-order valence-corrected chi connectivity index (χ0v) is 23.7. The third-order valence-electron chi connectivity index (χ3n) is 8.26. The van der Waals surface area contributed by atoms with Gasteiger partial charge in [-0.3, -0.25) is 4.79 Å². The van der Waals surface area contributed by atoms with Crippen molar-refractivity contribution >= 4 is 22.5 Å². The number of hydrogen-bond acceptors (Lipinski definition) is 3. The summed E-state index contributed by atoms with van der Waals surface area (Å²) in [7, 11) is 1.71. The molecular weight excluding hydrogens is 506 g/mol. The topological polar surface area (TPSA) is 37.7 Å². The van der Waals surface area contributed by atoms with E-state index in [1.54, 1.807) is 7.11 Å². The minimum atomic E-state index is 0.0825. The lowest BCUT2D eigenvalue weighted by atomic mass is 9.88. The summed E-state index contributed by atoms with van der Waals surface area (Å²) in [6.45, 7) is 3.82. The second-order valence-corrected chi connectivity index (χ2v) is 10.8. The molecule has 1 aliphatic heterocycles. The molecule has 41 heavy (non-hydrogen) atoms. The molecule has 2 heterocycles. The fourth-order valence-corrected chi connectivity index (χ4v) is 6.13. The molecule has 0 radical (unpaired) electrons. The molecule has 1 aliphatic rings. The van der Waals surface area contributed by atoms with Crippen LogP contribution in [0, 0.1) is 0 Å². The minimum Gasteiger partial charge on any atom is -0.495 e. The van der Waals surface area contributed by atoms with Gasteiger partial charge in [-0.15, -0.1) is 0 Å². The van der Waals surface area contributed by atoms with E-state index >= 15 is 0 Å². The largest absolute Gasteiger partial charge is 0.495 e. The maximum Gasteiger partial charge on any atom is 0.223 e. The average Bonchev–Trinajstić information content (AvgIpc) is 3.40.